The van der Waals surface area contributed by atoms with Crippen molar-refractivity contribution in [1.82, 2.24) is 15.1 Å². The van der Waals surface area contributed by atoms with Crippen LogP contribution in [-0.2, 0) is 13.6 Å². The molecule has 0 aliphatic heterocycles. The molecule has 1 unspecified atom stereocenters. The van der Waals surface area contributed by atoms with E-state index in [-0.39, 0.29) is 0 Å². The van der Waals surface area contributed by atoms with Crippen LogP contribution in [0.5, 0.6) is 0 Å². The first kappa shape index (κ1) is 12.2. The fourth-order valence-corrected chi connectivity index (χ4v) is 3.93. The third-order valence-electron chi connectivity index (χ3n) is 5.17. The number of hydrogen-bond acceptors (Lipinski definition) is 2. The molecule has 2 saturated carbocycles. The molecule has 0 bridgehead atoms. The number of hydrogen-bond donors (Lipinski definition) is 1. The van der Waals surface area contributed by atoms with Crippen molar-refractivity contribution >= 4 is 0 Å². The van der Waals surface area contributed by atoms with E-state index in [2.05, 4.69) is 23.5 Å². The third kappa shape index (κ3) is 2.09. The summed E-state index contributed by atoms with van der Waals surface area (Å²) in [7, 11) is 2.00. The summed E-state index contributed by atoms with van der Waals surface area (Å²) in [4.78, 5) is 0. The number of aromatic nitrogens is 2. The summed E-state index contributed by atoms with van der Waals surface area (Å²) in [6, 6.07) is 0.761. The van der Waals surface area contributed by atoms with Crippen molar-refractivity contribution in [1.29, 1.82) is 0 Å². The molecule has 18 heavy (non-hydrogen) atoms. The second kappa shape index (κ2) is 4.69. The Morgan fingerprint density at radius 2 is 2.11 bits per heavy atom. The van der Waals surface area contributed by atoms with Crippen LogP contribution >= 0.6 is 0 Å². The van der Waals surface area contributed by atoms with E-state index in [1.165, 1.54) is 56.2 Å². The number of nitrogens with one attached hydrogen (secondary N) is 1. The summed E-state index contributed by atoms with van der Waals surface area (Å²) in [5, 5.41) is 8.21. The van der Waals surface area contributed by atoms with E-state index < -0.39 is 0 Å². The zero-order valence-electron chi connectivity index (χ0n) is 11.7. The van der Waals surface area contributed by atoms with Gasteiger partial charge in [-0.05, 0) is 38.0 Å². The second-order valence-electron chi connectivity index (χ2n) is 6.31. The van der Waals surface area contributed by atoms with E-state index in [4.69, 9.17) is 0 Å². The molecule has 2 aliphatic carbocycles. The molecular weight excluding hydrogens is 222 g/mol. The van der Waals surface area contributed by atoms with E-state index in [9.17, 15) is 0 Å². The Kier molecular flexibility index (Phi) is 3.18. The highest BCUT2D eigenvalue weighted by Gasteiger charge is 2.46. The number of rotatable bonds is 3. The molecule has 0 radical (unpaired) electrons. The molecule has 3 nitrogen and oxygen atoms in total. The zero-order chi connectivity index (χ0) is 12.6. The van der Waals surface area contributed by atoms with Crippen molar-refractivity contribution < 1.29 is 0 Å². The minimum absolute atomic E-state index is 0.661. The van der Waals surface area contributed by atoms with Crippen LogP contribution in [0.2, 0.25) is 0 Å². The Balaban J connectivity index is 1.59. The number of nitrogens with zero attached hydrogens (tertiary/aromatic N) is 2. The highest BCUT2D eigenvalue weighted by atomic mass is 15.3. The largest absolute Gasteiger partial charge is 0.309 e. The van der Waals surface area contributed by atoms with Crippen LogP contribution in [0.4, 0.5) is 0 Å². The van der Waals surface area contributed by atoms with Gasteiger partial charge in [0.2, 0.25) is 0 Å². The standard InChI is InChI=1S/C15H25N3/c1-12-13(11-18(2)17-12)10-16-14-6-9-15(14)7-4-3-5-8-15/h11,14,16H,3-10H2,1-2H3. The van der Waals surface area contributed by atoms with Gasteiger partial charge in [-0.1, -0.05) is 19.3 Å². The van der Waals surface area contributed by atoms with Gasteiger partial charge in [0.15, 0.2) is 0 Å². The molecule has 3 rings (SSSR count). The van der Waals surface area contributed by atoms with Gasteiger partial charge in [-0.15, -0.1) is 0 Å². The molecule has 1 aromatic heterocycles. The normalized spacial score (nSPS) is 26.2. The third-order valence-corrected chi connectivity index (χ3v) is 5.17. The Morgan fingerprint density at radius 1 is 1.33 bits per heavy atom. The predicted octanol–water partition coefficient (Wildman–Crippen LogP) is 2.93. The molecule has 1 heterocycles. The lowest BCUT2D eigenvalue weighted by Gasteiger charge is -2.52. The summed E-state index contributed by atoms with van der Waals surface area (Å²) < 4.78 is 1.92. The summed E-state index contributed by atoms with van der Waals surface area (Å²) >= 11 is 0. The molecule has 1 spiro atoms. The smallest absolute Gasteiger partial charge is 0.0638 e. The van der Waals surface area contributed by atoms with E-state index >= 15 is 0 Å². The van der Waals surface area contributed by atoms with Gasteiger partial charge in [0.05, 0.1) is 5.69 Å². The molecular formula is C15H25N3. The first-order valence-electron chi connectivity index (χ1n) is 7.42. The van der Waals surface area contributed by atoms with Gasteiger partial charge in [-0.2, -0.15) is 5.10 Å². The quantitative estimate of drug-likeness (QED) is 0.890. The topological polar surface area (TPSA) is 29.9 Å². The SMILES string of the molecule is Cc1nn(C)cc1CNC1CCC12CCCCC2. The second-order valence-corrected chi connectivity index (χ2v) is 6.31. The van der Waals surface area contributed by atoms with Crippen molar-refractivity contribution in [2.24, 2.45) is 12.5 Å². The maximum Gasteiger partial charge on any atom is 0.0638 e. The van der Waals surface area contributed by atoms with Crippen LogP contribution in [0, 0.1) is 12.3 Å². The molecule has 1 aromatic rings. The van der Waals surface area contributed by atoms with Gasteiger partial charge in [0, 0.05) is 31.4 Å². The summed E-state index contributed by atoms with van der Waals surface area (Å²) in [6.07, 6.45) is 12.2. The molecule has 1 atom stereocenters. The average molecular weight is 247 g/mol. The summed E-state index contributed by atoms with van der Waals surface area (Å²) in [5.74, 6) is 0. The molecule has 100 valence electrons. The monoisotopic (exact) mass is 247 g/mol. The summed E-state index contributed by atoms with van der Waals surface area (Å²) in [5.41, 5.74) is 3.19. The van der Waals surface area contributed by atoms with Gasteiger partial charge < -0.3 is 5.32 Å². The molecule has 1 N–H and O–H groups in total. The van der Waals surface area contributed by atoms with Gasteiger partial charge in [0.25, 0.3) is 0 Å². The number of aryl methyl sites for hydroxylation is 2. The Morgan fingerprint density at radius 3 is 2.67 bits per heavy atom. The molecule has 2 fully saturated rings. The van der Waals surface area contributed by atoms with Crippen LogP contribution in [0.15, 0.2) is 6.20 Å². The highest BCUT2D eigenvalue weighted by Crippen LogP contribution is 2.51. The molecule has 2 aliphatic rings. The molecule has 0 amide bonds. The van der Waals surface area contributed by atoms with Crippen molar-refractivity contribution in [3.05, 3.63) is 17.5 Å². The Labute approximate surface area is 110 Å². The fraction of sp³-hybridized carbons (Fsp3) is 0.800. The van der Waals surface area contributed by atoms with Crippen LogP contribution in [0.25, 0.3) is 0 Å². The van der Waals surface area contributed by atoms with E-state index in [1.54, 1.807) is 0 Å². The maximum absolute atomic E-state index is 4.41. The van der Waals surface area contributed by atoms with Crippen molar-refractivity contribution in [2.75, 3.05) is 0 Å². The van der Waals surface area contributed by atoms with Crippen LogP contribution in [0.1, 0.15) is 56.2 Å². The minimum atomic E-state index is 0.661. The van der Waals surface area contributed by atoms with E-state index in [0.29, 0.717) is 5.41 Å². The predicted molar refractivity (Wildman–Crippen MR) is 73.3 cm³/mol. The Bertz CT molecular complexity index is 415. The van der Waals surface area contributed by atoms with Crippen molar-refractivity contribution in [3.8, 4) is 0 Å². The van der Waals surface area contributed by atoms with Crippen molar-refractivity contribution in [2.45, 2.75) is 64.5 Å². The van der Waals surface area contributed by atoms with Gasteiger partial charge in [-0.25, -0.2) is 0 Å². The lowest BCUT2D eigenvalue weighted by molar-refractivity contribution is 0.0221. The van der Waals surface area contributed by atoms with Crippen LogP contribution in [0.3, 0.4) is 0 Å². The fourth-order valence-electron chi connectivity index (χ4n) is 3.93. The van der Waals surface area contributed by atoms with Gasteiger partial charge >= 0.3 is 0 Å². The van der Waals surface area contributed by atoms with Gasteiger partial charge in [0.1, 0.15) is 0 Å². The zero-order valence-corrected chi connectivity index (χ0v) is 11.7. The molecule has 3 heteroatoms. The molecule has 0 aromatic carbocycles. The first-order valence-corrected chi connectivity index (χ1v) is 7.42. The first-order chi connectivity index (χ1) is 8.70. The van der Waals surface area contributed by atoms with E-state index in [1.807, 2.05) is 11.7 Å². The lowest BCUT2D eigenvalue weighted by atomic mass is 9.57. The highest BCUT2D eigenvalue weighted by molar-refractivity contribution is 5.15. The van der Waals surface area contributed by atoms with Crippen LogP contribution in [-0.4, -0.2) is 15.8 Å². The van der Waals surface area contributed by atoms with Crippen LogP contribution < -0.4 is 5.32 Å². The lowest BCUT2D eigenvalue weighted by Crippen LogP contribution is -2.54. The maximum atomic E-state index is 4.41. The van der Waals surface area contributed by atoms with E-state index in [0.717, 1.165) is 12.6 Å². The van der Waals surface area contributed by atoms with Gasteiger partial charge in [-0.3, -0.25) is 4.68 Å². The summed E-state index contributed by atoms with van der Waals surface area (Å²) in [6.45, 7) is 3.10. The molecule has 0 saturated heterocycles. The minimum Gasteiger partial charge on any atom is -0.309 e. The average Bonchev–Trinajstić information content (AvgIpc) is 2.68. The van der Waals surface area contributed by atoms with Crippen molar-refractivity contribution in [3.63, 3.8) is 0 Å². The Hall–Kier alpha value is -0.830.